The lowest BCUT2D eigenvalue weighted by atomic mass is 9.94. The predicted molar refractivity (Wildman–Crippen MR) is 145 cm³/mol. The SMILES string of the molecule is CCOP(=O)(OCC)C(c1ccccc1)N1C/C(=C\c2ccccc2)C(=O)/C(=C/c2ccccc2)C1. The van der Waals surface area contributed by atoms with E-state index in [1.54, 1.807) is 0 Å². The van der Waals surface area contributed by atoms with E-state index >= 15 is 0 Å². The number of ketones is 1. The van der Waals surface area contributed by atoms with E-state index in [2.05, 4.69) is 0 Å². The molecule has 1 atom stereocenters. The molecule has 0 aliphatic carbocycles. The minimum absolute atomic E-state index is 0.00609. The van der Waals surface area contributed by atoms with Gasteiger partial charge in [-0.3, -0.25) is 14.3 Å². The average Bonchev–Trinajstić information content (AvgIpc) is 2.89. The molecule has 1 aliphatic heterocycles. The summed E-state index contributed by atoms with van der Waals surface area (Å²) in [5.74, 6) is -0.668. The zero-order valence-electron chi connectivity index (χ0n) is 20.7. The van der Waals surface area contributed by atoms with Crippen LogP contribution in [0.2, 0.25) is 0 Å². The van der Waals surface area contributed by atoms with Crippen LogP contribution in [0.25, 0.3) is 12.2 Å². The Morgan fingerprint density at radius 2 is 1.17 bits per heavy atom. The lowest BCUT2D eigenvalue weighted by Crippen LogP contribution is -2.40. The number of Topliss-reactive ketones (excluding diaryl/α,β-unsaturated/α-hetero) is 1. The summed E-state index contributed by atoms with van der Waals surface area (Å²) in [5, 5.41) is 0. The van der Waals surface area contributed by atoms with Crippen LogP contribution in [0.15, 0.2) is 102 Å². The summed E-state index contributed by atoms with van der Waals surface area (Å²) < 4.78 is 25.9. The summed E-state index contributed by atoms with van der Waals surface area (Å²) in [7, 11) is -3.60. The third-order valence-electron chi connectivity index (χ3n) is 5.97. The summed E-state index contributed by atoms with van der Waals surface area (Å²) in [6.45, 7) is 4.79. The number of likely N-dealkylation sites (tertiary alicyclic amines) is 1. The van der Waals surface area contributed by atoms with Crippen molar-refractivity contribution in [3.8, 4) is 0 Å². The number of hydrogen-bond acceptors (Lipinski definition) is 5. The Balaban J connectivity index is 1.84. The molecule has 0 saturated carbocycles. The minimum Gasteiger partial charge on any atom is -0.308 e. The van der Waals surface area contributed by atoms with Crippen molar-refractivity contribution in [1.82, 2.24) is 4.90 Å². The molecule has 0 amide bonds. The van der Waals surface area contributed by atoms with Crippen LogP contribution in [0, 0.1) is 0 Å². The molecule has 1 fully saturated rings. The zero-order valence-corrected chi connectivity index (χ0v) is 21.6. The molecule has 6 heteroatoms. The van der Waals surface area contributed by atoms with Crippen LogP contribution in [-0.2, 0) is 18.4 Å². The van der Waals surface area contributed by atoms with Gasteiger partial charge in [-0.05, 0) is 42.7 Å². The molecule has 1 heterocycles. The van der Waals surface area contributed by atoms with Gasteiger partial charge in [0, 0.05) is 24.2 Å². The minimum atomic E-state index is -3.60. The Morgan fingerprint density at radius 1 is 0.750 bits per heavy atom. The first-order chi connectivity index (χ1) is 17.5. The lowest BCUT2D eigenvalue weighted by Gasteiger charge is -2.39. The molecular weight excluding hydrogens is 469 g/mol. The molecule has 0 aromatic heterocycles. The van der Waals surface area contributed by atoms with Crippen molar-refractivity contribution in [3.05, 3.63) is 119 Å². The fourth-order valence-corrected chi connectivity index (χ4v) is 6.67. The van der Waals surface area contributed by atoms with Crippen LogP contribution >= 0.6 is 7.60 Å². The Labute approximate surface area is 213 Å². The van der Waals surface area contributed by atoms with Crippen LogP contribution in [0.1, 0.15) is 36.3 Å². The topological polar surface area (TPSA) is 55.8 Å². The van der Waals surface area contributed by atoms with Crippen LogP contribution in [0.5, 0.6) is 0 Å². The van der Waals surface area contributed by atoms with E-state index in [1.807, 2.05) is 122 Å². The lowest BCUT2D eigenvalue weighted by molar-refractivity contribution is -0.113. The van der Waals surface area contributed by atoms with E-state index in [4.69, 9.17) is 9.05 Å². The maximum atomic E-state index is 14.2. The van der Waals surface area contributed by atoms with Gasteiger partial charge in [0.1, 0.15) is 5.78 Å². The van der Waals surface area contributed by atoms with Crippen molar-refractivity contribution in [2.75, 3.05) is 26.3 Å². The van der Waals surface area contributed by atoms with Gasteiger partial charge in [-0.15, -0.1) is 0 Å². The second-order valence-corrected chi connectivity index (χ2v) is 10.6. The highest BCUT2D eigenvalue weighted by atomic mass is 31.2. The molecule has 186 valence electrons. The summed E-state index contributed by atoms with van der Waals surface area (Å²) in [4.78, 5) is 15.7. The third kappa shape index (κ3) is 6.18. The fraction of sp³-hybridized carbons (Fsp3) is 0.233. The van der Waals surface area contributed by atoms with E-state index in [0.29, 0.717) is 24.2 Å². The van der Waals surface area contributed by atoms with Crippen molar-refractivity contribution >= 4 is 25.5 Å². The van der Waals surface area contributed by atoms with Crippen molar-refractivity contribution < 1.29 is 18.4 Å². The van der Waals surface area contributed by atoms with Gasteiger partial charge in [0.05, 0.1) is 13.2 Å². The van der Waals surface area contributed by atoms with Gasteiger partial charge in [-0.2, -0.15) is 0 Å². The first kappa shape index (κ1) is 26.0. The largest absolute Gasteiger partial charge is 0.352 e. The molecule has 0 bridgehead atoms. The monoisotopic (exact) mass is 501 g/mol. The smallest absolute Gasteiger partial charge is 0.308 e. The molecule has 3 aromatic carbocycles. The number of piperidine rings is 1. The van der Waals surface area contributed by atoms with Gasteiger partial charge in [-0.1, -0.05) is 91.0 Å². The maximum absolute atomic E-state index is 14.2. The molecule has 4 rings (SSSR count). The number of hydrogen-bond donors (Lipinski definition) is 0. The second-order valence-electron chi connectivity index (χ2n) is 8.55. The van der Waals surface area contributed by atoms with Gasteiger partial charge in [0.15, 0.2) is 5.78 Å². The summed E-state index contributed by atoms with van der Waals surface area (Å²) >= 11 is 0. The quantitative estimate of drug-likeness (QED) is 0.233. The highest BCUT2D eigenvalue weighted by Crippen LogP contribution is 2.62. The summed E-state index contributed by atoms with van der Waals surface area (Å²) in [6, 6.07) is 29.2. The molecule has 1 unspecified atom stereocenters. The number of rotatable bonds is 9. The van der Waals surface area contributed by atoms with E-state index < -0.39 is 13.4 Å². The van der Waals surface area contributed by atoms with Crippen LogP contribution in [-0.4, -0.2) is 37.0 Å². The van der Waals surface area contributed by atoms with Gasteiger partial charge in [0.25, 0.3) is 0 Å². The second kappa shape index (κ2) is 12.2. The number of carbonyl (C=O) groups is 1. The van der Waals surface area contributed by atoms with Gasteiger partial charge < -0.3 is 9.05 Å². The third-order valence-corrected chi connectivity index (χ3v) is 8.43. The highest BCUT2D eigenvalue weighted by molar-refractivity contribution is 7.54. The molecule has 0 radical (unpaired) electrons. The average molecular weight is 502 g/mol. The Hall–Kier alpha value is -3.08. The van der Waals surface area contributed by atoms with Gasteiger partial charge in [-0.25, -0.2) is 0 Å². The fourth-order valence-electron chi connectivity index (χ4n) is 4.50. The molecule has 0 N–H and O–H groups in total. The van der Waals surface area contributed by atoms with Gasteiger partial charge >= 0.3 is 7.60 Å². The molecule has 0 spiro atoms. The zero-order chi connectivity index (χ0) is 25.4. The molecule has 5 nitrogen and oxygen atoms in total. The summed E-state index contributed by atoms with van der Waals surface area (Å²) in [5.41, 5.74) is 3.98. The van der Waals surface area contributed by atoms with E-state index in [-0.39, 0.29) is 19.0 Å². The normalized spacial score (nSPS) is 18.0. The van der Waals surface area contributed by atoms with E-state index in [1.165, 1.54) is 0 Å². The van der Waals surface area contributed by atoms with Crippen LogP contribution < -0.4 is 0 Å². The maximum Gasteiger partial charge on any atom is 0.352 e. The van der Waals surface area contributed by atoms with Crippen molar-refractivity contribution in [1.29, 1.82) is 0 Å². The van der Waals surface area contributed by atoms with Crippen LogP contribution in [0.3, 0.4) is 0 Å². The van der Waals surface area contributed by atoms with Crippen molar-refractivity contribution in [3.63, 3.8) is 0 Å². The van der Waals surface area contributed by atoms with Gasteiger partial charge in [0.2, 0.25) is 0 Å². The Morgan fingerprint density at radius 3 is 1.58 bits per heavy atom. The molecule has 1 aliphatic rings. The molecular formula is C30H32NO4P. The summed E-state index contributed by atoms with van der Waals surface area (Å²) in [6.07, 6.45) is 3.84. The molecule has 36 heavy (non-hydrogen) atoms. The first-order valence-corrected chi connectivity index (χ1v) is 13.9. The van der Waals surface area contributed by atoms with E-state index in [9.17, 15) is 9.36 Å². The van der Waals surface area contributed by atoms with Crippen LogP contribution in [0.4, 0.5) is 0 Å². The number of nitrogens with zero attached hydrogens (tertiary/aromatic N) is 1. The Kier molecular flexibility index (Phi) is 8.84. The highest BCUT2D eigenvalue weighted by Gasteiger charge is 2.44. The molecule has 3 aromatic rings. The number of benzene rings is 3. The standard InChI is InChI=1S/C30H32NO4P/c1-3-34-36(33,35-4-2)30(26-18-12-7-13-19-26)31-22-27(20-24-14-8-5-9-15-24)29(32)28(23-31)21-25-16-10-6-11-17-25/h5-21,30H,3-4,22-23H2,1-2H3/b27-20+,28-21+. The van der Waals surface area contributed by atoms with E-state index in [0.717, 1.165) is 16.7 Å². The predicted octanol–water partition coefficient (Wildman–Crippen LogP) is 7.00. The Bertz CT molecular complexity index is 1180. The number of carbonyl (C=O) groups excluding carboxylic acids is 1. The molecule has 1 saturated heterocycles. The van der Waals surface area contributed by atoms with Crippen molar-refractivity contribution in [2.45, 2.75) is 19.6 Å². The first-order valence-electron chi connectivity index (χ1n) is 12.3. The van der Waals surface area contributed by atoms with Crippen molar-refractivity contribution in [2.24, 2.45) is 0 Å².